The van der Waals surface area contributed by atoms with Gasteiger partial charge < -0.3 is 30.2 Å². The van der Waals surface area contributed by atoms with E-state index in [9.17, 15) is 18.8 Å². The summed E-state index contributed by atoms with van der Waals surface area (Å²) >= 11 is 0. The molecule has 218 valence electrons. The molecule has 2 heterocycles. The third kappa shape index (κ3) is 7.62. The van der Waals surface area contributed by atoms with Gasteiger partial charge in [-0.05, 0) is 69.3 Å². The van der Waals surface area contributed by atoms with E-state index in [1.807, 2.05) is 13.8 Å². The molecule has 10 nitrogen and oxygen atoms in total. The normalized spacial score (nSPS) is 15.2. The fraction of sp³-hybridized carbons (Fsp3) is 0.290. The first-order valence-electron chi connectivity index (χ1n) is 13.1. The maximum absolute atomic E-state index is 13.3. The highest BCUT2D eigenvalue weighted by Gasteiger charge is 2.31. The van der Waals surface area contributed by atoms with Crippen molar-refractivity contribution in [1.82, 2.24) is 10.3 Å². The topological polar surface area (TPSA) is 133 Å². The van der Waals surface area contributed by atoms with Crippen molar-refractivity contribution < 1.29 is 33.0 Å². The minimum atomic E-state index is -0.994. The molecular formula is C31H31FN4O6. The lowest BCUT2D eigenvalue weighted by Gasteiger charge is -2.20. The Bertz CT molecular complexity index is 1540. The van der Waals surface area contributed by atoms with E-state index in [0.717, 1.165) is 0 Å². The molecule has 1 aliphatic rings. The molecule has 0 radical (unpaired) electrons. The van der Waals surface area contributed by atoms with E-state index in [1.54, 1.807) is 38.2 Å². The molecule has 0 fully saturated rings. The molecule has 2 aromatic carbocycles. The summed E-state index contributed by atoms with van der Waals surface area (Å²) in [6.07, 6.45) is 1.40. The van der Waals surface area contributed by atoms with Gasteiger partial charge >= 0.3 is 5.97 Å². The zero-order valence-corrected chi connectivity index (χ0v) is 23.6. The quantitative estimate of drug-likeness (QED) is 0.324. The highest BCUT2D eigenvalue weighted by Crippen LogP contribution is 2.32. The Morgan fingerprint density at radius 3 is 2.64 bits per heavy atom. The summed E-state index contributed by atoms with van der Waals surface area (Å²) in [4.78, 5) is 43.5. The van der Waals surface area contributed by atoms with Gasteiger partial charge in [0, 0.05) is 24.9 Å². The van der Waals surface area contributed by atoms with Crippen LogP contribution in [0.3, 0.4) is 0 Å². The summed E-state index contributed by atoms with van der Waals surface area (Å²) in [5, 5.41) is 2.68. The number of benzene rings is 2. The zero-order valence-electron chi connectivity index (χ0n) is 23.6. The highest BCUT2D eigenvalue weighted by molar-refractivity contribution is 6.03. The Balaban J connectivity index is 1.43. The Labute approximate surface area is 243 Å². The number of hydrogen-bond donors (Lipinski definition) is 2. The Kier molecular flexibility index (Phi) is 9.08. The van der Waals surface area contributed by atoms with E-state index >= 15 is 0 Å². The summed E-state index contributed by atoms with van der Waals surface area (Å²) in [5.41, 5.74) is 6.03. The predicted octanol–water partition coefficient (Wildman–Crippen LogP) is 3.43. The number of anilines is 1. The van der Waals surface area contributed by atoms with Crippen molar-refractivity contribution in [2.24, 2.45) is 11.1 Å². The number of fused-ring (bicyclic) bond motifs is 1. The fourth-order valence-corrected chi connectivity index (χ4v) is 3.81. The maximum atomic E-state index is 13.3. The van der Waals surface area contributed by atoms with E-state index in [-0.39, 0.29) is 18.9 Å². The number of carbonyl (C=O) groups is 3. The van der Waals surface area contributed by atoms with Crippen molar-refractivity contribution >= 4 is 23.5 Å². The number of amides is 2. The number of hydrogen-bond acceptors (Lipinski definition) is 8. The predicted molar refractivity (Wildman–Crippen MR) is 153 cm³/mol. The van der Waals surface area contributed by atoms with Crippen LogP contribution in [0.15, 0.2) is 60.8 Å². The van der Waals surface area contributed by atoms with Crippen LogP contribution in [-0.4, -0.2) is 55.1 Å². The summed E-state index contributed by atoms with van der Waals surface area (Å²) in [5.74, 6) is 5.41. The van der Waals surface area contributed by atoms with E-state index in [1.165, 1.54) is 41.4 Å². The molecule has 4 rings (SSSR count). The van der Waals surface area contributed by atoms with E-state index in [2.05, 4.69) is 22.1 Å². The van der Waals surface area contributed by atoms with Crippen LogP contribution in [0.25, 0.3) is 0 Å². The average molecular weight is 575 g/mol. The number of esters is 1. The van der Waals surface area contributed by atoms with Crippen LogP contribution in [0, 0.1) is 23.1 Å². The number of likely N-dealkylation sites (N-methyl/N-ethyl adjacent to an activating group) is 1. The standard InChI is InChI=1S/C31H31FN4O6/c1-19(33)30(39)41-18-31(2,3)13-11-20-5-10-27-26(15-20)36(4)29(38)25(17-40-27)35-28(37)24-16-23(12-14-34-24)42-22-8-6-21(32)7-9-22/h5-10,12,14-16,19,25H,17-18,33H2,1-4H3,(H,35,37)/t19-,25+/m0/s1. The van der Waals surface area contributed by atoms with Gasteiger partial charge in [0.1, 0.15) is 54.1 Å². The lowest BCUT2D eigenvalue weighted by atomic mass is 9.95. The number of nitrogens with one attached hydrogen (secondary N) is 1. The Morgan fingerprint density at radius 1 is 1.19 bits per heavy atom. The van der Waals surface area contributed by atoms with E-state index in [0.29, 0.717) is 28.5 Å². The molecule has 1 aliphatic heterocycles. The van der Waals surface area contributed by atoms with Gasteiger partial charge in [0.15, 0.2) is 0 Å². The Hall–Kier alpha value is -4.95. The molecule has 11 heteroatoms. The van der Waals surface area contributed by atoms with Crippen molar-refractivity contribution in [2.75, 3.05) is 25.2 Å². The molecule has 3 N–H and O–H groups in total. The molecule has 42 heavy (non-hydrogen) atoms. The van der Waals surface area contributed by atoms with Gasteiger partial charge in [-0.25, -0.2) is 4.39 Å². The van der Waals surface area contributed by atoms with Crippen LogP contribution >= 0.6 is 0 Å². The molecule has 3 aromatic rings. The minimum absolute atomic E-state index is 0.0265. The van der Waals surface area contributed by atoms with Gasteiger partial charge in [0.05, 0.1) is 11.1 Å². The summed E-state index contributed by atoms with van der Waals surface area (Å²) in [7, 11) is 1.58. The first-order chi connectivity index (χ1) is 19.9. The van der Waals surface area contributed by atoms with Gasteiger partial charge in [0.2, 0.25) is 0 Å². The monoisotopic (exact) mass is 574 g/mol. The van der Waals surface area contributed by atoms with E-state index in [4.69, 9.17) is 19.9 Å². The molecule has 2 atom stereocenters. The third-order valence-electron chi connectivity index (χ3n) is 6.17. The van der Waals surface area contributed by atoms with Crippen molar-refractivity contribution in [1.29, 1.82) is 0 Å². The fourth-order valence-electron chi connectivity index (χ4n) is 3.81. The number of nitrogens with zero attached hydrogens (tertiary/aromatic N) is 2. The lowest BCUT2D eigenvalue weighted by molar-refractivity contribution is -0.146. The van der Waals surface area contributed by atoms with Gasteiger partial charge in [-0.1, -0.05) is 11.8 Å². The largest absolute Gasteiger partial charge is 0.489 e. The third-order valence-corrected chi connectivity index (χ3v) is 6.17. The summed E-state index contributed by atoms with van der Waals surface area (Å²) in [6.45, 7) is 5.20. The van der Waals surface area contributed by atoms with Crippen molar-refractivity contribution in [3.63, 3.8) is 0 Å². The lowest BCUT2D eigenvalue weighted by Crippen LogP contribution is -2.49. The van der Waals surface area contributed by atoms with Crippen LogP contribution in [0.4, 0.5) is 10.1 Å². The molecule has 2 amide bonds. The smallest absolute Gasteiger partial charge is 0.322 e. The number of rotatable bonds is 7. The van der Waals surface area contributed by atoms with Crippen molar-refractivity contribution in [3.05, 3.63) is 77.9 Å². The molecule has 1 aromatic heterocycles. The maximum Gasteiger partial charge on any atom is 0.322 e. The minimum Gasteiger partial charge on any atom is -0.489 e. The molecular weight excluding hydrogens is 543 g/mol. The summed E-state index contributed by atoms with van der Waals surface area (Å²) in [6, 6.07) is 11.9. The van der Waals surface area contributed by atoms with Gasteiger partial charge in [-0.3, -0.25) is 19.4 Å². The van der Waals surface area contributed by atoms with Gasteiger partial charge in [-0.2, -0.15) is 0 Å². The first-order valence-corrected chi connectivity index (χ1v) is 13.1. The number of halogens is 1. The highest BCUT2D eigenvalue weighted by atomic mass is 19.1. The molecule has 0 saturated carbocycles. The molecule has 0 unspecified atom stereocenters. The summed E-state index contributed by atoms with van der Waals surface area (Å²) < 4.78 is 29.9. The second-order valence-corrected chi connectivity index (χ2v) is 10.4. The number of ether oxygens (including phenoxy) is 3. The second kappa shape index (κ2) is 12.7. The molecule has 0 aliphatic carbocycles. The second-order valence-electron chi connectivity index (χ2n) is 10.4. The number of nitrogens with two attached hydrogens (primary N) is 1. The van der Waals surface area contributed by atoms with Crippen LogP contribution in [0.1, 0.15) is 36.8 Å². The van der Waals surface area contributed by atoms with E-state index < -0.39 is 41.1 Å². The van der Waals surface area contributed by atoms with Crippen LogP contribution in [-0.2, 0) is 14.3 Å². The average Bonchev–Trinajstić information content (AvgIpc) is 3.08. The van der Waals surface area contributed by atoms with Crippen molar-refractivity contribution in [2.45, 2.75) is 32.9 Å². The van der Waals surface area contributed by atoms with Crippen LogP contribution < -0.4 is 25.4 Å². The first kappa shape index (κ1) is 30.0. The molecule has 0 saturated heterocycles. The number of carbonyl (C=O) groups excluding carboxylic acids is 3. The number of aromatic nitrogens is 1. The Morgan fingerprint density at radius 2 is 1.93 bits per heavy atom. The van der Waals surface area contributed by atoms with Gasteiger partial charge in [-0.15, -0.1) is 0 Å². The van der Waals surface area contributed by atoms with Crippen LogP contribution in [0.2, 0.25) is 0 Å². The molecule has 0 bridgehead atoms. The zero-order chi connectivity index (χ0) is 30.4. The van der Waals surface area contributed by atoms with Crippen LogP contribution in [0.5, 0.6) is 17.2 Å². The molecule has 0 spiro atoms. The number of pyridine rings is 1. The SMILES string of the molecule is C[C@H](N)C(=O)OCC(C)(C)C#Cc1ccc2c(c1)N(C)C(=O)[C@H](NC(=O)c1cc(Oc3ccc(F)cc3)ccn1)CO2. The van der Waals surface area contributed by atoms with Crippen molar-refractivity contribution in [3.8, 4) is 29.1 Å². The van der Waals surface area contributed by atoms with Gasteiger partial charge in [0.25, 0.3) is 11.8 Å².